The average molecular weight is 394 g/mol. The van der Waals surface area contributed by atoms with Crippen LogP contribution in [0, 0.1) is 0 Å². The van der Waals surface area contributed by atoms with Gasteiger partial charge >= 0.3 is 7.12 Å². The highest BCUT2D eigenvalue weighted by Crippen LogP contribution is 2.45. The molecule has 0 bridgehead atoms. The van der Waals surface area contributed by atoms with E-state index in [1.165, 1.54) is 10.4 Å². The minimum absolute atomic E-state index is 0.191. The Kier molecular flexibility index (Phi) is 5.07. The van der Waals surface area contributed by atoms with Crippen molar-refractivity contribution in [1.29, 1.82) is 0 Å². The summed E-state index contributed by atoms with van der Waals surface area (Å²) in [5.41, 5.74) is -0.194. The molecule has 2 fully saturated rings. The van der Waals surface area contributed by atoms with Crippen molar-refractivity contribution in [2.45, 2.75) is 70.2 Å². The first-order chi connectivity index (χ1) is 13.2. The standard InChI is InChI=1S/C23H31BO3Si/c1-18-16-21(17-24-26-22(2,3)23(4,5)27-24)28(25-18,19-12-8-6-9-13-19)20-14-10-7-11-15-20/h6-15,18,21H,16-17H2,1-5H3/t18-,21+/m1/s1. The van der Waals surface area contributed by atoms with Gasteiger partial charge in [-0.2, -0.15) is 0 Å². The highest BCUT2D eigenvalue weighted by Gasteiger charge is 2.58. The van der Waals surface area contributed by atoms with Crippen molar-refractivity contribution < 1.29 is 13.7 Å². The number of hydrogen-bond acceptors (Lipinski definition) is 3. The molecule has 2 aromatic rings. The first-order valence-electron chi connectivity index (χ1n) is 10.4. The van der Waals surface area contributed by atoms with E-state index in [4.69, 9.17) is 13.7 Å². The summed E-state index contributed by atoms with van der Waals surface area (Å²) in [6.45, 7) is 10.7. The third-order valence-electron chi connectivity index (χ3n) is 6.76. The number of hydrogen-bond donors (Lipinski definition) is 0. The number of benzene rings is 2. The van der Waals surface area contributed by atoms with Gasteiger partial charge in [-0.25, -0.2) is 0 Å². The molecule has 4 rings (SSSR count). The van der Waals surface area contributed by atoms with Crippen LogP contribution in [0.5, 0.6) is 0 Å². The molecule has 0 unspecified atom stereocenters. The van der Waals surface area contributed by atoms with Crippen LogP contribution in [-0.4, -0.2) is 32.7 Å². The third kappa shape index (κ3) is 3.28. The smallest absolute Gasteiger partial charge is 0.405 e. The Labute approximate surface area is 170 Å². The molecule has 0 N–H and O–H groups in total. The first kappa shape index (κ1) is 19.9. The Morgan fingerprint density at radius 1 is 0.857 bits per heavy atom. The lowest BCUT2D eigenvalue weighted by molar-refractivity contribution is 0.00578. The summed E-state index contributed by atoms with van der Waals surface area (Å²) in [7, 11) is -2.59. The average Bonchev–Trinajstić information content (AvgIpc) is 3.09. The highest BCUT2D eigenvalue weighted by atomic mass is 28.4. The van der Waals surface area contributed by atoms with Gasteiger partial charge in [-0.05, 0) is 63.3 Å². The first-order valence-corrected chi connectivity index (χ1v) is 12.4. The van der Waals surface area contributed by atoms with Crippen molar-refractivity contribution in [1.82, 2.24) is 0 Å². The van der Waals surface area contributed by atoms with Crippen LogP contribution in [-0.2, 0) is 13.7 Å². The zero-order valence-electron chi connectivity index (χ0n) is 17.6. The largest absolute Gasteiger partial charge is 0.457 e. The quantitative estimate of drug-likeness (QED) is 0.734. The second-order valence-corrected chi connectivity index (χ2v) is 12.9. The normalized spacial score (nSPS) is 27.8. The van der Waals surface area contributed by atoms with Crippen LogP contribution in [0.15, 0.2) is 60.7 Å². The van der Waals surface area contributed by atoms with Gasteiger partial charge in [0.05, 0.1) is 11.2 Å². The van der Waals surface area contributed by atoms with Gasteiger partial charge < -0.3 is 13.7 Å². The fourth-order valence-electron chi connectivity index (χ4n) is 4.73. The van der Waals surface area contributed by atoms with Crippen LogP contribution in [0.2, 0.25) is 11.9 Å². The number of rotatable bonds is 4. The summed E-state index contributed by atoms with van der Waals surface area (Å²) in [6.07, 6.45) is 2.15. The minimum Gasteiger partial charge on any atom is -0.405 e. The summed E-state index contributed by atoms with van der Waals surface area (Å²) in [5.74, 6) is 0. The fraction of sp³-hybridized carbons (Fsp3) is 0.478. The van der Waals surface area contributed by atoms with E-state index < -0.39 is 8.32 Å². The monoisotopic (exact) mass is 394 g/mol. The van der Waals surface area contributed by atoms with Crippen LogP contribution in [0.1, 0.15) is 41.0 Å². The Morgan fingerprint density at radius 3 is 1.79 bits per heavy atom. The second kappa shape index (κ2) is 7.14. The summed E-state index contributed by atoms with van der Waals surface area (Å²) in [6, 6.07) is 21.7. The molecule has 2 aromatic carbocycles. The van der Waals surface area contributed by atoms with Gasteiger partial charge in [-0.3, -0.25) is 0 Å². The van der Waals surface area contributed by atoms with Crippen molar-refractivity contribution >= 4 is 25.8 Å². The Hall–Kier alpha value is -1.40. The van der Waals surface area contributed by atoms with Gasteiger partial charge in [0.15, 0.2) is 0 Å². The lowest BCUT2D eigenvalue weighted by Crippen LogP contribution is -2.61. The van der Waals surface area contributed by atoms with E-state index in [1.807, 2.05) is 0 Å². The summed E-state index contributed by atoms with van der Waals surface area (Å²) in [5, 5.41) is 2.68. The molecule has 0 radical (unpaired) electrons. The molecular weight excluding hydrogens is 363 g/mol. The van der Waals surface area contributed by atoms with E-state index in [9.17, 15) is 0 Å². The minimum atomic E-state index is -2.40. The maximum atomic E-state index is 6.88. The van der Waals surface area contributed by atoms with Gasteiger partial charge in [0.25, 0.3) is 8.32 Å². The molecule has 0 aromatic heterocycles. The molecule has 148 valence electrons. The topological polar surface area (TPSA) is 27.7 Å². The molecule has 2 aliphatic rings. The third-order valence-corrected chi connectivity index (χ3v) is 11.5. The molecule has 2 atom stereocenters. The van der Waals surface area contributed by atoms with E-state index in [0.717, 1.165) is 12.7 Å². The zero-order valence-corrected chi connectivity index (χ0v) is 18.6. The van der Waals surface area contributed by atoms with E-state index in [0.29, 0.717) is 5.54 Å². The predicted octanol–water partition coefficient (Wildman–Crippen LogP) is 4.02. The second-order valence-electron chi connectivity index (χ2n) is 9.25. The lowest BCUT2D eigenvalue weighted by atomic mass is 9.81. The summed E-state index contributed by atoms with van der Waals surface area (Å²) >= 11 is 0. The Morgan fingerprint density at radius 2 is 1.32 bits per heavy atom. The van der Waals surface area contributed by atoms with Crippen LogP contribution >= 0.6 is 0 Å². The molecule has 2 saturated heterocycles. The van der Waals surface area contributed by atoms with E-state index in [1.54, 1.807) is 0 Å². The van der Waals surface area contributed by atoms with Crippen molar-refractivity contribution in [3.8, 4) is 0 Å². The van der Waals surface area contributed by atoms with Crippen molar-refractivity contribution in [3.63, 3.8) is 0 Å². The fourth-order valence-corrected chi connectivity index (χ4v) is 9.76. The maximum absolute atomic E-state index is 6.88. The van der Waals surface area contributed by atoms with Gasteiger partial charge in [-0.15, -0.1) is 0 Å². The van der Waals surface area contributed by atoms with Crippen molar-refractivity contribution in [3.05, 3.63) is 60.7 Å². The molecular formula is C23H31BO3Si. The molecule has 2 aliphatic heterocycles. The molecule has 3 nitrogen and oxygen atoms in total. The molecule has 2 heterocycles. The zero-order chi connectivity index (χ0) is 20.0. The molecule has 0 amide bonds. The van der Waals surface area contributed by atoms with Crippen LogP contribution in [0.25, 0.3) is 0 Å². The van der Waals surface area contributed by atoms with E-state index in [-0.39, 0.29) is 24.4 Å². The maximum Gasteiger partial charge on any atom is 0.457 e. The van der Waals surface area contributed by atoms with Gasteiger partial charge in [-0.1, -0.05) is 60.7 Å². The molecule has 0 spiro atoms. The van der Waals surface area contributed by atoms with Crippen LogP contribution < -0.4 is 10.4 Å². The SMILES string of the molecule is C[C@@H]1C[C@@H](CB2OC(C)(C)C(C)(C)O2)[Si](c2ccccc2)(c2ccccc2)O1. The highest BCUT2D eigenvalue weighted by molar-refractivity contribution is 6.99. The van der Waals surface area contributed by atoms with Gasteiger partial charge in [0.1, 0.15) is 0 Å². The van der Waals surface area contributed by atoms with E-state index >= 15 is 0 Å². The van der Waals surface area contributed by atoms with Gasteiger partial charge in [0.2, 0.25) is 0 Å². The van der Waals surface area contributed by atoms with Crippen LogP contribution in [0.4, 0.5) is 0 Å². The van der Waals surface area contributed by atoms with Crippen molar-refractivity contribution in [2.24, 2.45) is 0 Å². The molecule has 0 saturated carbocycles. The van der Waals surface area contributed by atoms with E-state index in [2.05, 4.69) is 95.3 Å². The molecule has 28 heavy (non-hydrogen) atoms. The summed E-state index contributed by atoms with van der Waals surface area (Å²) < 4.78 is 19.6. The summed E-state index contributed by atoms with van der Waals surface area (Å²) in [4.78, 5) is 0. The Balaban J connectivity index is 1.73. The predicted molar refractivity (Wildman–Crippen MR) is 118 cm³/mol. The van der Waals surface area contributed by atoms with Crippen LogP contribution in [0.3, 0.4) is 0 Å². The molecule has 5 heteroatoms. The van der Waals surface area contributed by atoms with Crippen molar-refractivity contribution in [2.75, 3.05) is 0 Å². The lowest BCUT2D eigenvalue weighted by Gasteiger charge is -2.33. The van der Waals surface area contributed by atoms with Gasteiger partial charge in [0, 0.05) is 6.10 Å². The molecule has 0 aliphatic carbocycles. The Bertz CT molecular complexity index is 754.